The van der Waals surface area contributed by atoms with Gasteiger partial charge in [0.1, 0.15) is 208 Å². The second kappa shape index (κ2) is 41.2. The molecule has 9 fully saturated rings. The van der Waals surface area contributed by atoms with Gasteiger partial charge in [0.2, 0.25) is 0 Å². The van der Waals surface area contributed by atoms with Crippen molar-refractivity contribution in [3.8, 4) is 0 Å². The lowest BCUT2D eigenvalue weighted by atomic mass is 9.89. The predicted molar refractivity (Wildman–Crippen MR) is 354 cm³/mol. The third kappa shape index (κ3) is 22.0. The van der Waals surface area contributed by atoms with Crippen molar-refractivity contribution in [2.24, 2.45) is 5.73 Å². The molecule has 9 aliphatic rings. The van der Waals surface area contributed by atoms with E-state index in [1.807, 2.05) is 0 Å². The number of phosphoric ester groups is 2. The molecule has 694 valence electrons. The summed E-state index contributed by atoms with van der Waals surface area (Å²) >= 11 is 0. The molecule has 0 amide bonds. The van der Waals surface area contributed by atoms with Crippen molar-refractivity contribution in [2.75, 3.05) is 52.9 Å². The molecule has 0 bridgehead atoms. The molecule has 0 aromatic heterocycles. The summed E-state index contributed by atoms with van der Waals surface area (Å²) in [7, 11) is -12.8. The second-order valence-electron chi connectivity index (χ2n) is 29.3. The van der Waals surface area contributed by atoms with Crippen molar-refractivity contribution < 1.29 is 276 Å². The van der Waals surface area contributed by atoms with Crippen molar-refractivity contribution in [3.05, 3.63) is 0 Å². The van der Waals surface area contributed by atoms with Crippen molar-refractivity contribution in [1.82, 2.24) is 0 Å². The van der Waals surface area contributed by atoms with Crippen LogP contribution in [0, 0.1) is 0 Å². The number of aliphatic carboxylic acids is 2. The van der Waals surface area contributed by atoms with Gasteiger partial charge in [0.25, 0.3) is 11.6 Å². The third-order valence-electron chi connectivity index (χ3n) is 21.1. The van der Waals surface area contributed by atoms with E-state index in [4.69, 9.17) is 95.3 Å². The Hall–Kier alpha value is -2.64. The zero-order chi connectivity index (χ0) is 88.6. The Kier molecular flexibility index (Phi) is 34.7. The molecule has 57 nitrogen and oxygen atoms in total. The van der Waals surface area contributed by atoms with Gasteiger partial charge in [-0.25, -0.2) is 18.7 Å². The van der Waals surface area contributed by atoms with Gasteiger partial charge in [0.15, 0.2) is 44.0 Å². The molecule has 0 spiro atoms. The van der Waals surface area contributed by atoms with Crippen LogP contribution >= 0.6 is 15.6 Å². The highest BCUT2D eigenvalue weighted by atomic mass is 31.2. The van der Waals surface area contributed by atoms with E-state index in [0.717, 1.165) is 0 Å². The lowest BCUT2D eigenvalue weighted by molar-refractivity contribution is -0.406. The van der Waals surface area contributed by atoms with Crippen LogP contribution in [0.3, 0.4) is 0 Å². The van der Waals surface area contributed by atoms with Crippen molar-refractivity contribution in [1.29, 1.82) is 0 Å². The van der Waals surface area contributed by atoms with E-state index in [1.54, 1.807) is 0 Å². The standard InChI is InChI=1S/C60H103NO56P2/c1-12-24(74)29(79)32(82)51(100-12)99-11-22-28(78)45(111-53-34(84)31(81)27(77)20(9-67)102-53)36(86)54(104-22)107-43-21(10-68)103-50(23(61)44(43)109-52-33(83)30(80)26(76)19(8-66)101-52)110-46-35(85)38(14(70)4-62)105-55(37(46)87)112-47-48(116-118(93,94)95)40(16(72)6-64)106-56(49(47)117-119(96,97)98)108-42-18(3-59(92,57(88)89)114-41(42)17(73)7-65)113-60(58(90)91)2-13(69)25(75)39(115-60)15(71)5-63/h12-56,62-87,92H,2-11,61H2,1H3,(H,88,89)(H,90,91)(H2,93,94,95)(H2,96,97,98)/t12-,13+,14-,15+,16-,17+,18+,19+,20+,21+,22+,23+,24-,25+,26+,27+,28+,29+,30-,31-,32+,33+,34+,35+,36+,37-,38+,39+,40+,41+,42+,43-,44+,45-,46-,47-,48+,49-,50+,51+,52-,53+,54+,55+,56+,59+,60+/m0/s1. The first-order chi connectivity index (χ1) is 55.6. The van der Waals surface area contributed by atoms with Crippen LogP contribution in [-0.2, 0) is 108 Å². The van der Waals surface area contributed by atoms with E-state index >= 15 is 0 Å². The fourth-order valence-corrected chi connectivity index (χ4v) is 15.8. The number of phosphoric acid groups is 2. The van der Waals surface area contributed by atoms with E-state index in [1.165, 1.54) is 6.92 Å². The summed E-state index contributed by atoms with van der Waals surface area (Å²) in [6, 6.07) is -2.36. The number of rotatable bonds is 34. The Morgan fingerprint density at radius 2 is 0.815 bits per heavy atom. The topological polar surface area (TPSA) is 937 Å². The van der Waals surface area contributed by atoms with Gasteiger partial charge in [-0.05, 0) is 6.92 Å². The van der Waals surface area contributed by atoms with Crippen LogP contribution in [0.25, 0.3) is 0 Å². The first-order valence-corrected chi connectivity index (χ1v) is 39.4. The van der Waals surface area contributed by atoms with Gasteiger partial charge >= 0.3 is 27.6 Å². The summed E-state index contributed by atoms with van der Waals surface area (Å²) in [4.78, 5) is 68.5. The SMILES string of the molecule is C[C@@H]1O[C@@H](OC[C@H]2O[C@H](O[C@@H]3[C@H](O[C@@H]4O[C@H](CO)[C@@H](O)[C@H](O)[C@H]4O)[C@@H](N)[C@@H](O[C@@H]4[C@H](O)[C@@H](O[C@H]5[C@H](OP(=O)(O)O)[C@@H]([C@@H](O)CO)O[C@H](O[C@H]6[C@@H]([C@H](O)CO)O[C@@](O)(C(=O)O)C[C@H]6O[C@]6(C(=O)O)C[C@@H](O)[C@@H](O)[C@@H]([C@H](O)CO)O6)[C@H]5OP(=O)(O)O)O[C@H]([C@@H](O)CO)[C@H]4O)O[C@@H]3CO)[C@H](O)[C@@H](O[C@H]3O[C@H](CO)[C@@H](O)[C@H](O)[C@H]3O)[C@@H]2O)[C@H](O)[C@H](O)[C@H]1O. The van der Waals surface area contributed by atoms with Crippen molar-refractivity contribution in [2.45, 2.75) is 307 Å². The first kappa shape index (κ1) is 100. The molecule has 9 heterocycles. The maximum Gasteiger partial charge on any atom is 0.470 e. The van der Waals surface area contributed by atoms with Crippen molar-refractivity contribution in [3.63, 3.8) is 0 Å². The molecular formula is C60H103NO56P2. The predicted octanol–water partition coefficient (Wildman–Crippen LogP) is -21.0. The minimum atomic E-state index is -6.48. The Morgan fingerprint density at radius 1 is 0.395 bits per heavy atom. The summed E-state index contributed by atoms with van der Waals surface area (Å²) in [5.41, 5.74) is 6.86. The zero-order valence-electron chi connectivity index (χ0n) is 61.7. The zero-order valence-corrected chi connectivity index (χ0v) is 63.5. The first-order valence-electron chi connectivity index (χ1n) is 36.4. The number of hydrogen-bond acceptors (Lipinski definition) is 51. The van der Waals surface area contributed by atoms with Crippen LogP contribution in [-0.4, -0.2) is 520 Å². The lowest BCUT2D eigenvalue weighted by Crippen LogP contribution is -2.71. The minimum Gasteiger partial charge on any atom is -0.477 e. The number of hydrogen-bond donors (Lipinski definition) is 34. The Bertz CT molecular complexity index is 3310. The fraction of sp³-hybridized carbons (Fsp3) is 0.967. The molecule has 35 N–H and O–H groups in total. The average molecular weight is 1800 g/mol. The number of carbonyl (C=O) groups is 2. The second-order valence-corrected chi connectivity index (χ2v) is 31.7. The molecule has 0 aliphatic carbocycles. The molecule has 0 aromatic rings. The molecule has 0 aromatic carbocycles. The number of carboxylic acids is 2. The highest BCUT2D eigenvalue weighted by Gasteiger charge is 2.66. The average Bonchev–Trinajstić information content (AvgIpc) is 0.742. The molecule has 119 heavy (non-hydrogen) atoms. The monoisotopic (exact) mass is 1800 g/mol. The summed E-state index contributed by atoms with van der Waals surface area (Å²) in [6.07, 6.45) is -110. The summed E-state index contributed by atoms with van der Waals surface area (Å²) in [5, 5.41) is 318. The minimum absolute atomic E-state index is 1.04. The number of ether oxygens (including phenoxy) is 17. The number of nitrogens with two attached hydrogens (primary N) is 1. The van der Waals surface area contributed by atoms with E-state index in [2.05, 4.69) is 0 Å². The highest BCUT2D eigenvalue weighted by molar-refractivity contribution is 7.46. The molecule has 0 radical (unpaired) electrons. The Morgan fingerprint density at radius 3 is 1.34 bits per heavy atom. The van der Waals surface area contributed by atoms with E-state index < -0.39 is 381 Å². The van der Waals surface area contributed by atoms with Crippen LogP contribution in [0.1, 0.15) is 19.8 Å². The molecule has 0 unspecified atom stereocenters. The van der Waals surface area contributed by atoms with Gasteiger partial charge in [0.05, 0.1) is 77.2 Å². The number of aliphatic hydroxyl groups excluding tert-OH is 26. The van der Waals surface area contributed by atoms with Crippen LogP contribution in [0.15, 0.2) is 0 Å². The molecule has 59 heteroatoms. The molecule has 0 saturated carbocycles. The molecule has 47 atom stereocenters. The summed E-state index contributed by atoms with van der Waals surface area (Å²) < 4.78 is 135. The van der Waals surface area contributed by atoms with Crippen LogP contribution in [0.4, 0.5) is 0 Å². The number of carboxylic acid groups (broad SMARTS) is 2. The van der Waals surface area contributed by atoms with Crippen LogP contribution in [0.5, 0.6) is 0 Å². The van der Waals surface area contributed by atoms with Gasteiger partial charge in [0, 0.05) is 12.8 Å². The van der Waals surface area contributed by atoms with E-state index in [-0.39, 0.29) is 0 Å². The molecule has 9 aliphatic heterocycles. The number of aliphatic hydroxyl groups is 27. The van der Waals surface area contributed by atoms with Crippen LogP contribution < -0.4 is 5.73 Å². The fourth-order valence-electron chi connectivity index (χ4n) is 14.7. The Balaban J connectivity index is 1.11. The van der Waals surface area contributed by atoms with E-state index in [9.17, 15) is 186 Å². The molecular weight excluding hydrogens is 1690 g/mol. The maximum atomic E-state index is 13.4. The molecule has 9 saturated heterocycles. The Labute approximate surface area is 667 Å². The van der Waals surface area contributed by atoms with Crippen LogP contribution in [0.2, 0.25) is 0 Å². The smallest absolute Gasteiger partial charge is 0.470 e. The molecule has 9 rings (SSSR count). The van der Waals surface area contributed by atoms with Gasteiger partial charge in [-0.3, -0.25) is 9.05 Å². The summed E-state index contributed by atoms with van der Waals surface area (Å²) in [6.45, 7) is -9.65. The largest absolute Gasteiger partial charge is 0.477 e. The van der Waals surface area contributed by atoms with Gasteiger partial charge in [-0.2, -0.15) is 0 Å². The van der Waals surface area contributed by atoms with Gasteiger partial charge in [-0.15, -0.1) is 0 Å². The lowest BCUT2D eigenvalue weighted by Gasteiger charge is -2.53. The third-order valence-corrected chi connectivity index (χ3v) is 22.2. The normalized spacial score (nSPS) is 48.3. The maximum absolute atomic E-state index is 13.4. The van der Waals surface area contributed by atoms with Crippen molar-refractivity contribution >= 4 is 27.6 Å². The van der Waals surface area contributed by atoms with E-state index in [0.29, 0.717) is 0 Å². The van der Waals surface area contributed by atoms with Gasteiger partial charge in [-0.1, -0.05) is 0 Å². The summed E-state index contributed by atoms with van der Waals surface area (Å²) in [5.74, 6) is -12.2. The quantitative estimate of drug-likeness (QED) is 0.0266. The highest BCUT2D eigenvalue weighted by Crippen LogP contribution is 2.50. The van der Waals surface area contributed by atoms with Gasteiger partial charge < -0.3 is 254 Å².